The average Bonchev–Trinajstić information content (AvgIpc) is 3.33. The molecule has 1 aromatic carbocycles. The highest BCUT2D eigenvalue weighted by Gasteiger charge is 2.23. The summed E-state index contributed by atoms with van der Waals surface area (Å²) in [5.41, 5.74) is 1.06. The summed E-state index contributed by atoms with van der Waals surface area (Å²) in [6.07, 6.45) is 4.39. The van der Waals surface area contributed by atoms with Crippen molar-refractivity contribution in [1.82, 2.24) is 15.3 Å². The van der Waals surface area contributed by atoms with E-state index in [1.54, 1.807) is 24.5 Å². The molecule has 8 nitrogen and oxygen atoms in total. The van der Waals surface area contributed by atoms with Crippen LogP contribution < -0.4 is 14.8 Å². The minimum Gasteiger partial charge on any atom is -0.490 e. The lowest BCUT2D eigenvalue weighted by Crippen LogP contribution is -2.31. The summed E-state index contributed by atoms with van der Waals surface area (Å²) in [4.78, 5) is 20.2. The van der Waals surface area contributed by atoms with E-state index in [1.165, 1.54) is 0 Å². The van der Waals surface area contributed by atoms with Crippen LogP contribution in [-0.2, 0) is 4.79 Å². The molecule has 0 radical (unpaired) electrons. The molecule has 8 heteroatoms. The van der Waals surface area contributed by atoms with Crippen molar-refractivity contribution in [3.05, 3.63) is 35.9 Å². The van der Waals surface area contributed by atoms with E-state index in [1.807, 2.05) is 20.8 Å². The lowest BCUT2D eigenvalue weighted by molar-refractivity contribution is -0.119. The van der Waals surface area contributed by atoms with Gasteiger partial charge in [-0.05, 0) is 39.3 Å². The van der Waals surface area contributed by atoms with E-state index in [4.69, 9.17) is 13.9 Å². The average molecular weight is 406 g/mol. The number of aryl methyl sites for hydroxylation is 1. The third kappa shape index (κ3) is 3.92. The van der Waals surface area contributed by atoms with Crippen LogP contribution in [0.5, 0.6) is 11.6 Å². The van der Waals surface area contributed by atoms with E-state index < -0.39 is 0 Å². The minimum absolute atomic E-state index is 0.0299. The lowest BCUT2D eigenvalue weighted by atomic mass is 10.0. The minimum atomic E-state index is -0.0989. The van der Waals surface area contributed by atoms with Crippen LogP contribution >= 0.6 is 0 Å². The predicted molar refractivity (Wildman–Crippen MR) is 109 cm³/mol. The van der Waals surface area contributed by atoms with Crippen molar-refractivity contribution < 1.29 is 18.7 Å². The number of rotatable bonds is 6. The number of nitriles is 1. The highest BCUT2D eigenvalue weighted by molar-refractivity contribution is 5.99. The molecule has 0 spiro atoms. The van der Waals surface area contributed by atoms with Gasteiger partial charge >= 0.3 is 0 Å². The normalized spacial score (nSPS) is 16.0. The van der Waals surface area contributed by atoms with Gasteiger partial charge in [0.1, 0.15) is 24.2 Å². The number of benzene rings is 1. The summed E-state index contributed by atoms with van der Waals surface area (Å²) >= 11 is 0. The van der Waals surface area contributed by atoms with Crippen LogP contribution in [0, 0.1) is 18.3 Å². The second-order valence-corrected chi connectivity index (χ2v) is 7.54. The van der Waals surface area contributed by atoms with Crippen LogP contribution in [0.2, 0.25) is 0 Å². The van der Waals surface area contributed by atoms with Gasteiger partial charge in [0.25, 0.3) is 0 Å². The SMILES string of the molecule is Cc1cnc(-c2cnc(OC[C@@H]3CCC(=O)N3)c3cc(OC(C)C)c(C#N)cc23)o1. The first-order valence-electron chi connectivity index (χ1n) is 9.83. The summed E-state index contributed by atoms with van der Waals surface area (Å²) in [7, 11) is 0. The van der Waals surface area contributed by atoms with Gasteiger partial charge in [0.2, 0.25) is 17.7 Å². The highest BCUT2D eigenvalue weighted by atomic mass is 16.5. The number of ether oxygens (including phenoxy) is 2. The third-order valence-corrected chi connectivity index (χ3v) is 4.79. The Morgan fingerprint density at radius 1 is 1.30 bits per heavy atom. The Kier molecular flexibility index (Phi) is 5.27. The Morgan fingerprint density at radius 2 is 2.13 bits per heavy atom. The molecule has 1 aliphatic heterocycles. The molecular weight excluding hydrogens is 384 g/mol. The second-order valence-electron chi connectivity index (χ2n) is 7.54. The van der Waals surface area contributed by atoms with Crippen molar-refractivity contribution in [1.29, 1.82) is 5.26 Å². The molecule has 3 aromatic rings. The van der Waals surface area contributed by atoms with Crippen molar-refractivity contribution in [3.63, 3.8) is 0 Å². The Labute approximate surface area is 173 Å². The van der Waals surface area contributed by atoms with Crippen molar-refractivity contribution in [2.75, 3.05) is 6.61 Å². The molecule has 154 valence electrons. The van der Waals surface area contributed by atoms with Crippen molar-refractivity contribution in [2.45, 2.75) is 45.8 Å². The second kappa shape index (κ2) is 8.03. The van der Waals surface area contributed by atoms with Crippen LogP contribution in [0.1, 0.15) is 38.0 Å². The number of hydrogen-bond donors (Lipinski definition) is 1. The van der Waals surface area contributed by atoms with Crippen LogP contribution in [-0.4, -0.2) is 34.6 Å². The number of hydrogen-bond acceptors (Lipinski definition) is 7. The first kappa shape index (κ1) is 19.7. The molecule has 0 bridgehead atoms. The summed E-state index contributed by atoms with van der Waals surface area (Å²) < 4.78 is 17.5. The first-order valence-corrected chi connectivity index (χ1v) is 9.83. The largest absolute Gasteiger partial charge is 0.490 e. The maximum absolute atomic E-state index is 11.5. The number of carbonyl (C=O) groups excluding carboxylic acids is 1. The van der Waals surface area contributed by atoms with Crippen LogP contribution in [0.3, 0.4) is 0 Å². The fourth-order valence-corrected chi connectivity index (χ4v) is 3.43. The summed E-state index contributed by atoms with van der Waals surface area (Å²) in [6.45, 7) is 5.92. The van der Waals surface area contributed by atoms with E-state index in [2.05, 4.69) is 21.4 Å². The molecule has 2 aromatic heterocycles. The van der Waals surface area contributed by atoms with Crippen LogP contribution in [0.25, 0.3) is 22.2 Å². The maximum Gasteiger partial charge on any atom is 0.228 e. The van der Waals surface area contributed by atoms with Crippen LogP contribution in [0.4, 0.5) is 0 Å². The maximum atomic E-state index is 11.5. The molecule has 4 rings (SSSR count). The molecule has 0 unspecified atom stereocenters. The van der Waals surface area contributed by atoms with Gasteiger partial charge in [-0.2, -0.15) is 5.26 Å². The summed E-state index contributed by atoms with van der Waals surface area (Å²) in [6, 6.07) is 5.66. The fourth-order valence-electron chi connectivity index (χ4n) is 3.43. The Hall–Kier alpha value is -3.60. The standard InChI is InChI=1S/C22H22N4O4/c1-12(2)29-19-7-17-16(6-14(19)8-23)18(22-24-9-13(3)30-22)10-25-21(17)28-11-15-4-5-20(27)26-15/h6-7,9-10,12,15H,4-5,11H2,1-3H3,(H,26,27)/t15-/m0/s1. The van der Waals surface area contributed by atoms with E-state index in [0.29, 0.717) is 52.8 Å². The number of nitrogens with one attached hydrogen (secondary N) is 1. The summed E-state index contributed by atoms with van der Waals surface area (Å²) in [5.74, 6) is 1.98. The molecule has 1 atom stereocenters. The van der Waals surface area contributed by atoms with Gasteiger partial charge in [0, 0.05) is 23.4 Å². The molecule has 1 aliphatic rings. The van der Waals surface area contributed by atoms with E-state index >= 15 is 0 Å². The Balaban J connectivity index is 1.80. The monoisotopic (exact) mass is 406 g/mol. The number of fused-ring (bicyclic) bond motifs is 1. The zero-order chi connectivity index (χ0) is 21.3. The fraction of sp³-hybridized carbons (Fsp3) is 0.364. The molecule has 0 aliphatic carbocycles. The van der Waals surface area contributed by atoms with Gasteiger partial charge in [-0.3, -0.25) is 4.79 Å². The van der Waals surface area contributed by atoms with Crippen molar-refractivity contribution in [3.8, 4) is 29.2 Å². The van der Waals surface area contributed by atoms with Gasteiger partial charge in [-0.1, -0.05) is 0 Å². The molecule has 0 saturated carbocycles. The molecule has 1 saturated heterocycles. The number of pyridine rings is 1. The molecule has 3 heterocycles. The number of amides is 1. The number of carbonyl (C=O) groups is 1. The molecule has 1 N–H and O–H groups in total. The summed E-state index contributed by atoms with van der Waals surface area (Å²) in [5, 5.41) is 13.9. The van der Waals surface area contributed by atoms with E-state index in [9.17, 15) is 10.1 Å². The topological polar surface area (TPSA) is 110 Å². The highest BCUT2D eigenvalue weighted by Crippen LogP contribution is 2.37. The Morgan fingerprint density at radius 3 is 2.77 bits per heavy atom. The quantitative estimate of drug-likeness (QED) is 0.667. The number of nitrogens with zero attached hydrogens (tertiary/aromatic N) is 3. The Bertz CT molecular complexity index is 1150. The van der Waals surface area contributed by atoms with Gasteiger partial charge < -0.3 is 19.2 Å². The third-order valence-electron chi connectivity index (χ3n) is 4.79. The van der Waals surface area contributed by atoms with E-state index in [0.717, 1.165) is 11.8 Å². The molecule has 1 fully saturated rings. The van der Waals surface area contributed by atoms with Gasteiger partial charge in [-0.15, -0.1) is 0 Å². The van der Waals surface area contributed by atoms with E-state index in [-0.39, 0.29) is 18.1 Å². The zero-order valence-corrected chi connectivity index (χ0v) is 17.1. The predicted octanol–water partition coefficient (Wildman–Crippen LogP) is 3.51. The molecular formula is C22H22N4O4. The van der Waals surface area contributed by atoms with Gasteiger partial charge in [0.05, 0.1) is 29.5 Å². The first-order chi connectivity index (χ1) is 14.4. The molecule has 1 amide bonds. The van der Waals surface area contributed by atoms with Gasteiger partial charge in [-0.25, -0.2) is 9.97 Å². The van der Waals surface area contributed by atoms with Crippen molar-refractivity contribution in [2.24, 2.45) is 0 Å². The number of aromatic nitrogens is 2. The zero-order valence-electron chi connectivity index (χ0n) is 17.1. The van der Waals surface area contributed by atoms with Crippen molar-refractivity contribution >= 4 is 16.7 Å². The number of oxazole rings is 1. The smallest absolute Gasteiger partial charge is 0.228 e. The lowest BCUT2D eigenvalue weighted by Gasteiger charge is -2.16. The van der Waals surface area contributed by atoms with Crippen LogP contribution in [0.15, 0.2) is 28.9 Å². The van der Waals surface area contributed by atoms with Gasteiger partial charge in [0.15, 0.2) is 0 Å². The molecule has 30 heavy (non-hydrogen) atoms.